The van der Waals surface area contributed by atoms with Crippen LogP contribution in [0.3, 0.4) is 0 Å². The van der Waals surface area contributed by atoms with Gasteiger partial charge in [-0.2, -0.15) is 0 Å². The number of carbonyl (C=O) groups is 3. The molecule has 2 N–H and O–H groups in total. The summed E-state index contributed by atoms with van der Waals surface area (Å²) >= 11 is 11.8. The molecule has 0 aromatic heterocycles. The molecule has 1 aliphatic rings. The van der Waals surface area contributed by atoms with Crippen molar-refractivity contribution >= 4 is 46.6 Å². The molecule has 1 aromatic rings. The number of carbonyl (C=O) groups excluding carboxylic acids is 3. The Labute approximate surface area is 162 Å². The Morgan fingerprint density at radius 2 is 1.85 bits per heavy atom. The summed E-state index contributed by atoms with van der Waals surface area (Å²) in [4.78, 5) is 40.0. The van der Waals surface area contributed by atoms with Gasteiger partial charge in [-0.3, -0.25) is 14.4 Å². The number of hydrogen-bond donors (Lipinski definition) is 2. The summed E-state index contributed by atoms with van der Waals surface area (Å²) in [7, 11) is 1.60. The van der Waals surface area contributed by atoms with Crippen molar-refractivity contribution in [1.29, 1.82) is 0 Å². The number of nitrogens with one attached hydrogen (secondary N) is 2. The largest absolute Gasteiger partial charge is 0.332 e. The third-order valence-electron chi connectivity index (χ3n) is 4.33. The summed E-state index contributed by atoms with van der Waals surface area (Å²) in [5.41, 5.74) is 0.524. The fourth-order valence-corrected chi connectivity index (χ4v) is 3.04. The average molecular weight is 402 g/mol. The molecule has 0 atom stereocenters. The van der Waals surface area contributed by atoms with Crippen LogP contribution in [0.25, 0.3) is 0 Å². The number of halogens is 2. The Kier molecular flexibility index (Phi) is 7.25. The molecular weight excluding hydrogens is 379 g/mol. The van der Waals surface area contributed by atoms with E-state index in [0.29, 0.717) is 35.4 Å². The molecule has 26 heavy (non-hydrogen) atoms. The standard InChI is InChI=1S/C17H22Cl2N4O3/c1-12(24)23-7-5-22(6-8-23)11-17(26)21(2)10-16(25)20-13-3-4-14(18)15(19)9-13/h3-4,9H,5-8,10-11H2,1-2H3,(H,20,25)/p+1. The lowest BCUT2D eigenvalue weighted by Crippen LogP contribution is -3.15. The zero-order chi connectivity index (χ0) is 19.3. The highest BCUT2D eigenvalue weighted by atomic mass is 35.5. The normalized spacial score (nSPS) is 14.8. The summed E-state index contributed by atoms with van der Waals surface area (Å²) in [5.74, 6) is -0.359. The molecule has 3 amide bonds. The summed E-state index contributed by atoms with van der Waals surface area (Å²) < 4.78 is 0. The van der Waals surface area contributed by atoms with Gasteiger partial charge in [0.1, 0.15) is 0 Å². The van der Waals surface area contributed by atoms with Crippen molar-refractivity contribution in [2.24, 2.45) is 0 Å². The molecule has 2 rings (SSSR count). The Balaban J connectivity index is 1.78. The number of quaternary nitrogens is 1. The van der Waals surface area contributed by atoms with Gasteiger partial charge in [0.05, 0.1) is 42.8 Å². The smallest absolute Gasteiger partial charge is 0.277 e. The van der Waals surface area contributed by atoms with Crippen LogP contribution in [-0.4, -0.2) is 73.8 Å². The number of hydrogen-bond acceptors (Lipinski definition) is 3. The quantitative estimate of drug-likeness (QED) is 0.736. The predicted octanol–water partition coefficient (Wildman–Crippen LogP) is 0.137. The first kappa shape index (κ1) is 20.5. The number of piperazine rings is 1. The van der Waals surface area contributed by atoms with Gasteiger partial charge in [0.2, 0.25) is 11.8 Å². The monoisotopic (exact) mass is 401 g/mol. The maximum Gasteiger partial charge on any atom is 0.277 e. The molecule has 0 saturated carbocycles. The lowest BCUT2D eigenvalue weighted by Gasteiger charge is -2.31. The number of benzene rings is 1. The topological polar surface area (TPSA) is 74.2 Å². The fourth-order valence-electron chi connectivity index (χ4n) is 2.74. The van der Waals surface area contributed by atoms with Crippen LogP contribution in [-0.2, 0) is 14.4 Å². The molecule has 1 fully saturated rings. The van der Waals surface area contributed by atoms with E-state index in [0.717, 1.165) is 18.0 Å². The molecule has 1 saturated heterocycles. The van der Waals surface area contributed by atoms with Gasteiger partial charge in [-0.05, 0) is 18.2 Å². The molecule has 0 aliphatic carbocycles. The van der Waals surface area contributed by atoms with Crippen molar-refractivity contribution in [2.75, 3.05) is 51.6 Å². The van der Waals surface area contributed by atoms with Crippen LogP contribution >= 0.6 is 23.2 Å². The van der Waals surface area contributed by atoms with Crippen LogP contribution in [0.15, 0.2) is 18.2 Å². The van der Waals surface area contributed by atoms with E-state index >= 15 is 0 Å². The highest BCUT2D eigenvalue weighted by molar-refractivity contribution is 6.42. The number of likely N-dealkylation sites (N-methyl/N-ethyl adjacent to an activating group) is 1. The highest BCUT2D eigenvalue weighted by Gasteiger charge is 2.25. The van der Waals surface area contributed by atoms with Crippen LogP contribution in [0, 0.1) is 0 Å². The molecule has 0 bridgehead atoms. The lowest BCUT2D eigenvalue weighted by molar-refractivity contribution is -0.896. The molecular formula is C17H23Cl2N4O3+. The zero-order valence-electron chi connectivity index (χ0n) is 14.8. The maximum absolute atomic E-state index is 12.3. The third kappa shape index (κ3) is 5.86. The van der Waals surface area contributed by atoms with E-state index in [1.54, 1.807) is 37.1 Å². The van der Waals surface area contributed by atoms with Gasteiger partial charge in [0, 0.05) is 19.7 Å². The molecule has 9 heteroatoms. The van der Waals surface area contributed by atoms with E-state index in [1.807, 2.05) is 0 Å². The van der Waals surface area contributed by atoms with Crippen molar-refractivity contribution in [2.45, 2.75) is 6.92 Å². The van der Waals surface area contributed by atoms with Crippen LogP contribution in [0.5, 0.6) is 0 Å². The van der Waals surface area contributed by atoms with E-state index in [9.17, 15) is 14.4 Å². The first-order valence-corrected chi connectivity index (χ1v) is 9.10. The highest BCUT2D eigenvalue weighted by Crippen LogP contribution is 2.24. The van der Waals surface area contributed by atoms with Crippen LogP contribution in [0.4, 0.5) is 5.69 Å². The van der Waals surface area contributed by atoms with Crippen molar-refractivity contribution in [3.05, 3.63) is 28.2 Å². The zero-order valence-corrected chi connectivity index (χ0v) is 16.4. The number of amides is 3. The van der Waals surface area contributed by atoms with Crippen molar-refractivity contribution in [3.63, 3.8) is 0 Å². The average Bonchev–Trinajstić information content (AvgIpc) is 2.58. The van der Waals surface area contributed by atoms with Crippen molar-refractivity contribution < 1.29 is 19.3 Å². The minimum Gasteiger partial charge on any atom is -0.332 e. The number of anilines is 1. The van der Waals surface area contributed by atoms with Gasteiger partial charge in [0.25, 0.3) is 5.91 Å². The van der Waals surface area contributed by atoms with E-state index in [2.05, 4.69) is 5.32 Å². The van der Waals surface area contributed by atoms with Gasteiger partial charge >= 0.3 is 0 Å². The molecule has 0 spiro atoms. The number of nitrogens with zero attached hydrogens (tertiary/aromatic N) is 2. The number of rotatable bonds is 5. The van der Waals surface area contributed by atoms with Gasteiger partial charge in [-0.1, -0.05) is 23.2 Å². The summed E-state index contributed by atoms with van der Waals surface area (Å²) in [6.07, 6.45) is 0. The first-order valence-electron chi connectivity index (χ1n) is 8.34. The van der Waals surface area contributed by atoms with Gasteiger partial charge in [-0.25, -0.2) is 0 Å². The minimum absolute atomic E-state index is 0.0497. The second-order valence-corrected chi connectivity index (χ2v) is 7.17. The minimum atomic E-state index is -0.310. The van der Waals surface area contributed by atoms with E-state index in [4.69, 9.17) is 23.2 Å². The van der Waals surface area contributed by atoms with Crippen LogP contribution in [0.2, 0.25) is 10.0 Å². The molecule has 1 heterocycles. The summed E-state index contributed by atoms with van der Waals surface area (Å²) in [6.45, 7) is 4.58. The Bertz CT molecular complexity index is 691. The van der Waals surface area contributed by atoms with E-state index in [1.165, 1.54) is 4.90 Å². The van der Waals surface area contributed by atoms with Gasteiger partial charge < -0.3 is 20.0 Å². The van der Waals surface area contributed by atoms with Crippen LogP contribution < -0.4 is 10.2 Å². The Morgan fingerprint density at radius 3 is 2.42 bits per heavy atom. The van der Waals surface area contributed by atoms with Crippen LogP contribution in [0.1, 0.15) is 6.92 Å². The third-order valence-corrected chi connectivity index (χ3v) is 5.07. The maximum atomic E-state index is 12.3. The van der Waals surface area contributed by atoms with Crippen molar-refractivity contribution in [1.82, 2.24) is 9.80 Å². The molecule has 1 aromatic carbocycles. The second kappa shape index (κ2) is 9.21. The van der Waals surface area contributed by atoms with Gasteiger partial charge in [0.15, 0.2) is 6.54 Å². The second-order valence-electron chi connectivity index (χ2n) is 6.36. The van der Waals surface area contributed by atoms with Gasteiger partial charge in [-0.15, -0.1) is 0 Å². The molecule has 7 nitrogen and oxygen atoms in total. The van der Waals surface area contributed by atoms with E-state index < -0.39 is 0 Å². The SMILES string of the molecule is CC(=O)N1CC[NH+](CC(=O)N(C)CC(=O)Nc2ccc(Cl)c(Cl)c2)CC1. The fraction of sp³-hybridized carbons (Fsp3) is 0.471. The Hall–Kier alpha value is -1.83. The molecule has 142 valence electrons. The van der Waals surface area contributed by atoms with Crippen molar-refractivity contribution in [3.8, 4) is 0 Å². The lowest BCUT2D eigenvalue weighted by atomic mass is 10.3. The molecule has 0 radical (unpaired) electrons. The summed E-state index contributed by atoms with van der Waals surface area (Å²) in [6, 6.07) is 4.80. The molecule has 1 aliphatic heterocycles. The first-order chi connectivity index (χ1) is 12.3. The Morgan fingerprint density at radius 1 is 1.19 bits per heavy atom. The van der Waals surface area contributed by atoms with E-state index in [-0.39, 0.29) is 24.3 Å². The predicted molar refractivity (Wildman–Crippen MR) is 101 cm³/mol. The molecule has 0 unspecified atom stereocenters. The summed E-state index contributed by atoms with van der Waals surface area (Å²) in [5, 5.41) is 3.45.